The third kappa shape index (κ3) is 4.06. The zero-order valence-corrected chi connectivity index (χ0v) is 19.7. The van der Waals surface area contributed by atoms with Crippen LogP contribution in [0.5, 0.6) is 11.5 Å². The quantitative estimate of drug-likeness (QED) is 0.278. The van der Waals surface area contributed by atoms with Crippen LogP contribution in [-0.4, -0.2) is 36.0 Å². The molecule has 1 unspecified atom stereocenters. The number of pyridine rings is 1. The van der Waals surface area contributed by atoms with E-state index in [2.05, 4.69) is 4.98 Å². The number of ether oxygens (including phenoxy) is 2. The zero-order valence-electron chi connectivity index (χ0n) is 18.2. The van der Waals surface area contributed by atoms with Crippen molar-refractivity contribution in [2.75, 3.05) is 19.1 Å². The van der Waals surface area contributed by atoms with Gasteiger partial charge in [0.1, 0.15) is 22.4 Å². The second kappa shape index (κ2) is 9.52. The first-order valence-corrected chi connectivity index (χ1v) is 10.7. The molecular weight excluding hydrogens is 505 g/mol. The Morgan fingerprint density at radius 2 is 1.80 bits per heavy atom. The Bertz CT molecular complexity index is 1380. The zero-order chi connectivity index (χ0) is 25.4. The Balaban J connectivity index is 2.04. The molecule has 1 fully saturated rings. The Hall–Kier alpha value is -3.69. The number of benzene rings is 2. The van der Waals surface area contributed by atoms with Gasteiger partial charge in [0.15, 0.2) is 11.5 Å². The Morgan fingerprint density at radius 1 is 1.09 bits per heavy atom. The maximum atomic E-state index is 14.7. The topological polar surface area (TPSA) is 89.0 Å². The van der Waals surface area contributed by atoms with E-state index in [0.717, 1.165) is 23.1 Å². The molecule has 0 saturated carbocycles. The smallest absolute Gasteiger partial charge is 0.300 e. The summed E-state index contributed by atoms with van der Waals surface area (Å²) >= 11 is 12.6. The van der Waals surface area contributed by atoms with Crippen LogP contribution in [0.1, 0.15) is 17.2 Å². The molecule has 2 heterocycles. The van der Waals surface area contributed by atoms with Gasteiger partial charge in [-0.3, -0.25) is 19.5 Å². The van der Waals surface area contributed by atoms with E-state index in [1.807, 2.05) is 0 Å². The summed E-state index contributed by atoms with van der Waals surface area (Å²) in [6.07, 6.45) is 2.78. The summed E-state index contributed by atoms with van der Waals surface area (Å²) in [5.41, 5.74) is -0.781. The number of amides is 1. The van der Waals surface area contributed by atoms with Crippen molar-refractivity contribution in [3.63, 3.8) is 0 Å². The van der Waals surface area contributed by atoms with Crippen molar-refractivity contribution in [1.29, 1.82) is 0 Å². The lowest BCUT2D eigenvalue weighted by atomic mass is 9.95. The van der Waals surface area contributed by atoms with Crippen molar-refractivity contribution >= 4 is 46.3 Å². The molecule has 35 heavy (non-hydrogen) atoms. The number of rotatable bonds is 5. The van der Waals surface area contributed by atoms with E-state index in [4.69, 9.17) is 32.7 Å². The summed E-state index contributed by atoms with van der Waals surface area (Å²) in [6.45, 7) is 0. The molecule has 0 spiro atoms. The average Bonchev–Trinajstić information content (AvgIpc) is 3.11. The third-order valence-electron chi connectivity index (χ3n) is 5.41. The van der Waals surface area contributed by atoms with Crippen molar-refractivity contribution in [3.05, 3.63) is 87.2 Å². The fourth-order valence-corrected chi connectivity index (χ4v) is 4.58. The van der Waals surface area contributed by atoms with Gasteiger partial charge in [-0.05, 0) is 29.8 Å². The molecule has 3 aromatic rings. The number of Topliss-reactive ketones (excluding diaryl/α,β-unsaturated/α-hetero) is 1. The van der Waals surface area contributed by atoms with Crippen LogP contribution in [0.2, 0.25) is 10.0 Å². The molecule has 0 bridgehead atoms. The number of methoxy groups -OCH3 is 2. The van der Waals surface area contributed by atoms with Gasteiger partial charge in [0.2, 0.25) is 0 Å². The molecule has 1 aromatic heterocycles. The van der Waals surface area contributed by atoms with E-state index in [-0.39, 0.29) is 32.7 Å². The number of carbonyl (C=O) groups excluding carboxylic acids is 2. The predicted octanol–water partition coefficient (Wildman–Crippen LogP) is 5.31. The second-order valence-electron chi connectivity index (χ2n) is 7.34. The summed E-state index contributed by atoms with van der Waals surface area (Å²) in [5, 5.41) is 11.2. The first kappa shape index (κ1) is 24.4. The Labute approximate surface area is 208 Å². The van der Waals surface area contributed by atoms with E-state index >= 15 is 0 Å². The lowest BCUT2D eigenvalue weighted by molar-refractivity contribution is -0.132. The van der Waals surface area contributed by atoms with Gasteiger partial charge in [0.05, 0.1) is 42.1 Å². The summed E-state index contributed by atoms with van der Waals surface area (Å²) in [5.74, 6) is -4.83. The van der Waals surface area contributed by atoms with Gasteiger partial charge in [-0.1, -0.05) is 29.3 Å². The van der Waals surface area contributed by atoms with Gasteiger partial charge in [0, 0.05) is 18.5 Å². The van der Waals surface area contributed by atoms with E-state index < -0.39 is 46.4 Å². The van der Waals surface area contributed by atoms with Crippen molar-refractivity contribution in [3.8, 4) is 11.5 Å². The minimum Gasteiger partial charge on any atom is -0.507 e. The highest BCUT2D eigenvalue weighted by molar-refractivity contribution is 6.52. The first-order valence-electron chi connectivity index (χ1n) is 9.97. The molecule has 1 saturated heterocycles. The van der Waals surface area contributed by atoms with E-state index in [1.165, 1.54) is 44.8 Å². The summed E-state index contributed by atoms with van der Waals surface area (Å²) in [7, 11) is 2.60. The van der Waals surface area contributed by atoms with Gasteiger partial charge in [-0.15, -0.1) is 0 Å². The van der Waals surface area contributed by atoms with Crippen LogP contribution in [-0.2, 0) is 9.59 Å². The lowest BCUT2D eigenvalue weighted by Crippen LogP contribution is -2.30. The molecule has 1 N–H and O–H groups in total. The first-order chi connectivity index (χ1) is 16.7. The van der Waals surface area contributed by atoms with Crippen molar-refractivity contribution in [2.45, 2.75) is 6.04 Å². The lowest BCUT2D eigenvalue weighted by Gasteiger charge is -2.25. The fraction of sp³-hybridized carbons (Fsp3) is 0.125. The second-order valence-corrected chi connectivity index (χ2v) is 8.12. The molecule has 0 aliphatic carbocycles. The van der Waals surface area contributed by atoms with Gasteiger partial charge < -0.3 is 14.6 Å². The van der Waals surface area contributed by atoms with Crippen LogP contribution in [0.3, 0.4) is 0 Å². The standard InChI is InChI=1S/C24H16Cl2F2N2O5/c1-34-22-13(9-14(25)23(35-2)18(22)26)20(31)17-19(11-4-3-7-29-10-11)30(24(33)21(17)32)16-8-12(27)5-6-15(16)28/h3-10,19,31H,1-2H3/b20-17+. The molecular formula is C24H16Cl2F2N2O5. The van der Waals surface area contributed by atoms with Crippen LogP contribution in [0.4, 0.5) is 14.5 Å². The van der Waals surface area contributed by atoms with Gasteiger partial charge in [-0.25, -0.2) is 8.78 Å². The monoisotopic (exact) mass is 520 g/mol. The summed E-state index contributed by atoms with van der Waals surface area (Å²) in [6, 6.07) is 5.43. The molecule has 1 aliphatic heterocycles. The largest absolute Gasteiger partial charge is 0.507 e. The van der Waals surface area contributed by atoms with Crippen LogP contribution in [0.15, 0.2) is 54.4 Å². The number of hydrogen-bond donors (Lipinski definition) is 1. The molecule has 4 rings (SSSR count). The summed E-state index contributed by atoms with van der Waals surface area (Å²) in [4.78, 5) is 31.1. The number of aliphatic hydroxyl groups excluding tert-OH is 1. The normalized spacial score (nSPS) is 17.1. The van der Waals surface area contributed by atoms with Crippen LogP contribution in [0.25, 0.3) is 5.76 Å². The predicted molar refractivity (Wildman–Crippen MR) is 125 cm³/mol. The van der Waals surface area contributed by atoms with Crippen molar-refractivity contribution in [2.24, 2.45) is 0 Å². The van der Waals surface area contributed by atoms with Crippen LogP contribution >= 0.6 is 23.2 Å². The fourth-order valence-electron chi connectivity index (χ4n) is 3.90. The molecule has 11 heteroatoms. The number of hydrogen-bond acceptors (Lipinski definition) is 6. The van der Waals surface area contributed by atoms with E-state index in [1.54, 1.807) is 0 Å². The number of ketones is 1. The third-order valence-corrected chi connectivity index (χ3v) is 6.03. The maximum absolute atomic E-state index is 14.7. The van der Waals surface area contributed by atoms with Crippen molar-refractivity contribution in [1.82, 2.24) is 4.98 Å². The number of aliphatic hydroxyl groups is 1. The van der Waals surface area contributed by atoms with Crippen LogP contribution in [0, 0.1) is 11.6 Å². The molecule has 1 aliphatic rings. The number of halogens is 4. The average molecular weight is 521 g/mol. The Kier molecular flexibility index (Phi) is 6.64. The van der Waals surface area contributed by atoms with Gasteiger partial charge >= 0.3 is 0 Å². The molecule has 1 amide bonds. The highest BCUT2D eigenvalue weighted by Crippen LogP contribution is 2.48. The number of anilines is 1. The van der Waals surface area contributed by atoms with E-state index in [0.29, 0.717) is 0 Å². The SMILES string of the molecule is COc1c(Cl)cc(/C(O)=C2\C(=O)C(=O)N(c3cc(F)ccc3F)C2c2cccnc2)c(OC)c1Cl. The minimum absolute atomic E-state index is 0.0109. The summed E-state index contributed by atoms with van der Waals surface area (Å²) < 4.78 is 39.2. The molecule has 0 radical (unpaired) electrons. The highest BCUT2D eigenvalue weighted by Gasteiger charge is 2.48. The maximum Gasteiger partial charge on any atom is 0.300 e. The number of nitrogens with zero attached hydrogens (tertiary/aromatic N) is 2. The van der Waals surface area contributed by atoms with Gasteiger partial charge in [-0.2, -0.15) is 0 Å². The van der Waals surface area contributed by atoms with E-state index in [9.17, 15) is 23.5 Å². The molecule has 1 atom stereocenters. The molecule has 180 valence electrons. The van der Waals surface area contributed by atoms with Crippen molar-refractivity contribution < 1.29 is 33.0 Å². The number of carbonyl (C=O) groups is 2. The highest BCUT2D eigenvalue weighted by atomic mass is 35.5. The van der Waals surface area contributed by atoms with Crippen LogP contribution < -0.4 is 14.4 Å². The minimum atomic E-state index is -1.36. The Morgan fingerprint density at radius 3 is 2.43 bits per heavy atom. The van der Waals surface area contributed by atoms with Gasteiger partial charge in [0.25, 0.3) is 11.7 Å². The molecule has 7 nitrogen and oxygen atoms in total. The molecule has 2 aromatic carbocycles. The number of aromatic nitrogens is 1.